The molecule has 0 atom stereocenters. The molecular formula is C45H32. The van der Waals surface area contributed by atoms with Crippen LogP contribution >= 0.6 is 0 Å². The fourth-order valence-electron chi connectivity index (χ4n) is 7.67. The lowest BCUT2D eigenvalue weighted by Crippen LogP contribution is -1.93. The van der Waals surface area contributed by atoms with Crippen LogP contribution in [0.2, 0.25) is 0 Å². The third-order valence-corrected chi connectivity index (χ3v) is 9.89. The van der Waals surface area contributed by atoms with Crippen LogP contribution in [0.3, 0.4) is 0 Å². The molecule has 45 heavy (non-hydrogen) atoms. The van der Waals surface area contributed by atoms with Crippen molar-refractivity contribution in [2.24, 2.45) is 0 Å². The molecule has 9 aromatic rings. The molecule has 0 bridgehead atoms. The lowest BCUT2D eigenvalue weighted by atomic mass is 9.85. The summed E-state index contributed by atoms with van der Waals surface area (Å²) in [5, 5.41) is 15.6. The molecule has 0 saturated heterocycles. The average Bonchev–Trinajstić information content (AvgIpc) is 3.07. The van der Waals surface area contributed by atoms with Gasteiger partial charge in [-0.2, -0.15) is 0 Å². The molecule has 0 heteroatoms. The van der Waals surface area contributed by atoms with Gasteiger partial charge in [0.25, 0.3) is 0 Å². The van der Waals surface area contributed by atoms with E-state index >= 15 is 0 Å². The SMILES string of the molecule is Cc1ccc2c(c1)c(-c1cc3c(cc1C)c(-c1cc4c(ccc5ccccc54)cc1C)cc1ccccc13)cc1ccccc12. The van der Waals surface area contributed by atoms with E-state index in [4.69, 9.17) is 0 Å². The molecule has 0 amide bonds. The zero-order valence-electron chi connectivity index (χ0n) is 25.8. The molecular weight excluding hydrogens is 540 g/mol. The van der Waals surface area contributed by atoms with Crippen molar-refractivity contribution < 1.29 is 0 Å². The fourth-order valence-corrected chi connectivity index (χ4v) is 7.67. The summed E-state index contributed by atoms with van der Waals surface area (Å²) >= 11 is 0. The monoisotopic (exact) mass is 572 g/mol. The molecule has 9 aromatic carbocycles. The molecule has 9 rings (SSSR count). The van der Waals surface area contributed by atoms with Gasteiger partial charge in [0.1, 0.15) is 0 Å². The summed E-state index contributed by atoms with van der Waals surface area (Å²) in [6.45, 7) is 6.74. The lowest BCUT2D eigenvalue weighted by molar-refractivity contribution is 1.48. The highest BCUT2D eigenvalue weighted by Crippen LogP contribution is 2.43. The van der Waals surface area contributed by atoms with Crippen LogP contribution in [0.25, 0.3) is 86.9 Å². The van der Waals surface area contributed by atoms with E-state index in [0.29, 0.717) is 0 Å². The number of aryl methyl sites for hydroxylation is 3. The van der Waals surface area contributed by atoms with Crippen LogP contribution in [0, 0.1) is 20.8 Å². The van der Waals surface area contributed by atoms with Gasteiger partial charge < -0.3 is 0 Å². The highest BCUT2D eigenvalue weighted by Gasteiger charge is 2.17. The second-order valence-electron chi connectivity index (χ2n) is 12.7. The van der Waals surface area contributed by atoms with E-state index in [9.17, 15) is 0 Å². The van der Waals surface area contributed by atoms with Crippen LogP contribution in [0.15, 0.2) is 140 Å². The van der Waals surface area contributed by atoms with E-state index in [0.717, 1.165) is 0 Å². The van der Waals surface area contributed by atoms with Crippen LogP contribution in [-0.2, 0) is 0 Å². The van der Waals surface area contributed by atoms with Crippen molar-refractivity contribution in [1.82, 2.24) is 0 Å². The van der Waals surface area contributed by atoms with Gasteiger partial charge in [-0.25, -0.2) is 0 Å². The quantitative estimate of drug-likeness (QED) is 0.181. The number of rotatable bonds is 2. The summed E-state index contributed by atoms with van der Waals surface area (Å²) in [4.78, 5) is 0. The van der Waals surface area contributed by atoms with Gasteiger partial charge in [0.15, 0.2) is 0 Å². The van der Waals surface area contributed by atoms with Crippen molar-refractivity contribution in [3.8, 4) is 22.3 Å². The Morgan fingerprint density at radius 1 is 0.267 bits per heavy atom. The van der Waals surface area contributed by atoms with Crippen LogP contribution in [0.4, 0.5) is 0 Å². The highest BCUT2D eigenvalue weighted by atomic mass is 14.2. The summed E-state index contributed by atoms with van der Waals surface area (Å²) < 4.78 is 0. The summed E-state index contributed by atoms with van der Waals surface area (Å²) in [7, 11) is 0. The Morgan fingerprint density at radius 2 is 0.756 bits per heavy atom. The maximum absolute atomic E-state index is 2.47. The topological polar surface area (TPSA) is 0 Å². The van der Waals surface area contributed by atoms with Crippen molar-refractivity contribution in [1.29, 1.82) is 0 Å². The molecule has 0 N–H and O–H groups in total. The van der Waals surface area contributed by atoms with E-state index in [1.54, 1.807) is 0 Å². The van der Waals surface area contributed by atoms with E-state index in [-0.39, 0.29) is 0 Å². The number of hydrogen-bond acceptors (Lipinski definition) is 0. The molecule has 0 aliphatic carbocycles. The molecule has 0 unspecified atom stereocenters. The highest BCUT2D eigenvalue weighted by molar-refractivity contribution is 6.19. The molecule has 0 radical (unpaired) electrons. The molecule has 0 heterocycles. The summed E-state index contributed by atoms with van der Waals surface area (Å²) in [6, 6.07) is 52.3. The predicted molar refractivity (Wildman–Crippen MR) is 197 cm³/mol. The molecule has 0 aliphatic heterocycles. The first-order valence-corrected chi connectivity index (χ1v) is 15.8. The third-order valence-electron chi connectivity index (χ3n) is 9.89. The van der Waals surface area contributed by atoms with E-state index in [1.807, 2.05) is 0 Å². The first-order valence-electron chi connectivity index (χ1n) is 15.8. The predicted octanol–water partition coefficient (Wildman–Crippen LogP) is 12.9. The molecule has 0 saturated carbocycles. The van der Waals surface area contributed by atoms with E-state index in [1.165, 1.54) is 104 Å². The van der Waals surface area contributed by atoms with Crippen molar-refractivity contribution in [2.75, 3.05) is 0 Å². The maximum Gasteiger partial charge on any atom is -0.00928 e. The van der Waals surface area contributed by atoms with Crippen LogP contribution in [0.1, 0.15) is 16.7 Å². The van der Waals surface area contributed by atoms with Gasteiger partial charge in [-0.05, 0) is 143 Å². The fraction of sp³-hybridized carbons (Fsp3) is 0.0667. The van der Waals surface area contributed by atoms with Crippen molar-refractivity contribution in [3.05, 3.63) is 156 Å². The van der Waals surface area contributed by atoms with Gasteiger partial charge in [0.05, 0.1) is 0 Å². The Morgan fingerprint density at radius 3 is 1.44 bits per heavy atom. The lowest BCUT2D eigenvalue weighted by Gasteiger charge is -2.18. The zero-order chi connectivity index (χ0) is 30.2. The molecule has 0 aromatic heterocycles. The normalized spacial score (nSPS) is 11.9. The minimum absolute atomic E-state index is 1.27. The summed E-state index contributed by atoms with van der Waals surface area (Å²) in [6.07, 6.45) is 0. The number of fused-ring (bicyclic) bond motifs is 9. The van der Waals surface area contributed by atoms with Gasteiger partial charge >= 0.3 is 0 Å². The minimum Gasteiger partial charge on any atom is -0.0616 e. The molecule has 0 spiro atoms. The molecule has 0 aliphatic rings. The summed E-state index contributed by atoms with van der Waals surface area (Å²) in [5.74, 6) is 0. The van der Waals surface area contributed by atoms with E-state index < -0.39 is 0 Å². The first kappa shape index (κ1) is 26.0. The Balaban J connectivity index is 1.38. The van der Waals surface area contributed by atoms with Crippen molar-refractivity contribution in [2.45, 2.75) is 20.8 Å². The summed E-state index contributed by atoms with van der Waals surface area (Å²) in [5.41, 5.74) is 9.07. The van der Waals surface area contributed by atoms with Gasteiger partial charge in [-0.15, -0.1) is 0 Å². The average molecular weight is 573 g/mol. The standard InChI is InChI=1S/C45H32/c1-27-16-19-37-35-14-8-5-11-31(35)23-43(41(37)20-27)39-26-45-36-15-9-6-12-32(36)24-44(42(45)22-29(39)3)38-25-40-33(21-28(38)2)18-17-30-10-4-7-13-34(30)40/h4-26H,1-3H3. The van der Waals surface area contributed by atoms with Crippen molar-refractivity contribution >= 4 is 64.6 Å². The molecule has 212 valence electrons. The second kappa shape index (κ2) is 9.78. The molecule has 0 nitrogen and oxygen atoms in total. The molecule has 0 fully saturated rings. The maximum atomic E-state index is 2.47. The largest absolute Gasteiger partial charge is 0.0616 e. The number of benzene rings is 9. The minimum atomic E-state index is 1.27. The van der Waals surface area contributed by atoms with E-state index in [2.05, 4.69) is 160 Å². The van der Waals surface area contributed by atoms with Crippen LogP contribution in [0.5, 0.6) is 0 Å². The smallest absolute Gasteiger partial charge is 0.00928 e. The van der Waals surface area contributed by atoms with Gasteiger partial charge in [0.2, 0.25) is 0 Å². The van der Waals surface area contributed by atoms with Crippen LogP contribution < -0.4 is 0 Å². The Labute approximate surface area is 263 Å². The number of hydrogen-bond donors (Lipinski definition) is 0. The third kappa shape index (κ3) is 3.99. The Bertz CT molecular complexity index is 2670. The van der Waals surface area contributed by atoms with Crippen molar-refractivity contribution in [3.63, 3.8) is 0 Å². The Hall–Kier alpha value is -5.46. The van der Waals surface area contributed by atoms with Gasteiger partial charge in [-0.3, -0.25) is 0 Å². The Kier molecular flexibility index (Phi) is 5.64. The zero-order valence-corrected chi connectivity index (χ0v) is 25.8. The second-order valence-corrected chi connectivity index (χ2v) is 12.7. The van der Waals surface area contributed by atoms with Crippen LogP contribution in [-0.4, -0.2) is 0 Å². The van der Waals surface area contributed by atoms with Gasteiger partial charge in [-0.1, -0.05) is 121 Å². The first-order chi connectivity index (χ1) is 22.0. The van der Waals surface area contributed by atoms with Gasteiger partial charge in [0, 0.05) is 0 Å².